The third-order valence-corrected chi connectivity index (χ3v) is 4.61. The van der Waals surface area contributed by atoms with E-state index in [1.54, 1.807) is 0 Å². The van der Waals surface area contributed by atoms with Gasteiger partial charge in [0.1, 0.15) is 17.8 Å². The van der Waals surface area contributed by atoms with E-state index < -0.39 is 41.9 Å². The lowest BCUT2D eigenvalue weighted by atomic mass is 10.0. The zero-order valence-electron chi connectivity index (χ0n) is 17.9. The number of amides is 2. The molecular formula is C20H30N6O7. The first-order valence-corrected chi connectivity index (χ1v) is 10.2. The second kappa shape index (κ2) is 13.5. The van der Waals surface area contributed by atoms with Crippen molar-refractivity contribution in [2.24, 2.45) is 11.5 Å². The second-order valence-electron chi connectivity index (χ2n) is 7.35. The molecule has 0 aliphatic heterocycles. The largest absolute Gasteiger partial charge is 0.508 e. The molecule has 0 unspecified atom stereocenters. The Bertz CT molecular complexity index is 846. The number of carbonyl (C=O) groups excluding carboxylic acids is 2. The summed E-state index contributed by atoms with van der Waals surface area (Å²) in [6.45, 7) is 0.237. The Balaban J connectivity index is 2.90. The van der Waals surface area contributed by atoms with Gasteiger partial charge in [-0.3, -0.25) is 19.8 Å². The van der Waals surface area contributed by atoms with E-state index >= 15 is 0 Å². The topological polar surface area (TPSA) is 241 Å². The van der Waals surface area contributed by atoms with Crippen LogP contribution in [-0.4, -0.2) is 69.7 Å². The molecule has 1 rings (SSSR count). The number of carbonyl (C=O) groups is 4. The number of aliphatic carboxylic acids is 2. The summed E-state index contributed by atoms with van der Waals surface area (Å²) in [5.74, 6) is -4.19. The molecule has 2 amide bonds. The molecule has 3 atom stereocenters. The van der Waals surface area contributed by atoms with E-state index in [-0.39, 0.29) is 43.9 Å². The number of nitrogens with one attached hydrogen (secondary N) is 4. The van der Waals surface area contributed by atoms with Gasteiger partial charge in [-0.1, -0.05) is 12.1 Å². The smallest absolute Gasteiger partial charge is 0.326 e. The maximum Gasteiger partial charge on any atom is 0.326 e. The molecule has 0 saturated heterocycles. The van der Waals surface area contributed by atoms with Gasteiger partial charge in [0, 0.05) is 19.4 Å². The van der Waals surface area contributed by atoms with Gasteiger partial charge >= 0.3 is 11.9 Å². The number of nitrogens with two attached hydrogens (primary N) is 2. The van der Waals surface area contributed by atoms with Crippen molar-refractivity contribution in [1.82, 2.24) is 16.0 Å². The van der Waals surface area contributed by atoms with Crippen molar-refractivity contribution in [1.29, 1.82) is 5.41 Å². The van der Waals surface area contributed by atoms with Gasteiger partial charge in [0.25, 0.3) is 0 Å². The Morgan fingerprint density at radius 3 is 2.12 bits per heavy atom. The van der Waals surface area contributed by atoms with Crippen LogP contribution in [0.5, 0.6) is 5.75 Å². The second-order valence-corrected chi connectivity index (χ2v) is 7.35. The van der Waals surface area contributed by atoms with Crippen molar-refractivity contribution in [2.45, 2.75) is 50.2 Å². The maximum atomic E-state index is 12.9. The highest BCUT2D eigenvalue weighted by Gasteiger charge is 2.28. The normalized spacial score (nSPS) is 13.2. The highest BCUT2D eigenvalue weighted by Crippen LogP contribution is 2.12. The molecule has 182 valence electrons. The predicted molar refractivity (Wildman–Crippen MR) is 117 cm³/mol. The average Bonchev–Trinajstić information content (AvgIpc) is 2.74. The number of phenols is 1. The number of phenolic OH excluding ortho intramolecular Hbond substituents is 1. The number of carboxylic acid groups (broad SMARTS) is 2. The molecule has 0 aliphatic rings. The molecule has 33 heavy (non-hydrogen) atoms. The van der Waals surface area contributed by atoms with E-state index in [0.717, 1.165) is 0 Å². The van der Waals surface area contributed by atoms with Crippen molar-refractivity contribution in [3.05, 3.63) is 29.8 Å². The van der Waals surface area contributed by atoms with E-state index in [0.29, 0.717) is 12.0 Å². The Hall–Kier alpha value is -3.87. The molecule has 0 spiro atoms. The SMILES string of the molecule is N=C(N)NCCC[C@H](NC(=O)[C@H](Cc1ccc(O)cc1)NC(=O)[C@@H](N)CCC(=O)O)C(=O)O. The minimum absolute atomic E-state index is 0.00425. The zero-order valence-corrected chi connectivity index (χ0v) is 17.9. The van der Waals surface area contributed by atoms with Crippen LogP contribution >= 0.6 is 0 Å². The summed E-state index contributed by atoms with van der Waals surface area (Å²) >= 11 is 0. The van der Waals surface area contributed by atoms with Crippen LogP contribution in [0.1, 0.15) is 31.2 Å². The molecule has 13 heteroatoms. The number of carboxylic acids is 2. The van der Waals surface area contributed by atoms with E-state index in [2.05, 4.69) is 16.0 Å². The molecule has 0 radical (unpaired) electrons. The van der Waals surface area contributed by atoms with Crippen molar-refractivity contribution in [3.63, 3.8) is 0 Å². The molecule has 0 fully saturated rings. The highest BCUT2D eigenvalue weighted by molar-refractivity contribution is 5.92. The fourth-order valence-corrected chi connectivity index (χ4v) is 2.82. The summed E-state index contributed by atoms with van der Waals surface area (Å²) in [7, 11) is 0. The van der Waals surface area contributed by atoms with Gasteiger partial charge in [-0.15, -0.1) is 0 Å². The van der Waals surface area contributed by atoms with Crippen molar-refractivity contribution >= 4 is 29.7 Å². The lowest BCUT2D eigenvalue weighted by Gasteiger charge is -2.23. The monoisotopic (exact) mass is 466 g/mol. The fraction of sp³-hybridized carbons (Fsp3) is 0.450. The Morgan fingerprint density at radius 1 is 0.970 bits per heavy atom. The van der Waals surface area contributed by atoms with Gasteiger partial charge in [-0.2, -0.15) is 0 Å². The van der Waals surface area contributed by atoms with Crippen LogP contribution in [0.3, 0.4) is 0 Å². The molecular weight excluding hydrogens is 436 g/mol. The molecule has 0 saturated carbocycles. The highest BCUT2D eigenvalue weighted by atomic mass is 16.4. The van der Waals surface area contributed by atoms with E-state index in [4.69, 9.17) is 22.0 Å². The third kappa shape index (κ3) is 10.8. The molecule has 1 aromatic rings. The van der Waals surface area contributed by atoms with Gasteiger partial charge in [0.15, 0.2) is 5.96 Å². The van der Waals surface area contributed by atoms with Crippen LogP contribution in [0.2, 0.25) is 0 Å². The first kappa shape index (κ1) is 27.2. The lowest BCUT2D eigenvalue weighted by Crippen LogP contribution is -2.55. The van der Waals surface area contributed by atoms with E-state index in [9.17, 15) is 29.4 Å². The molecule has 0 aliphatic carbocycles. The zero-order chi connectivity index (χ0) is 25.0. The number of rotatable bonds is 14. The van der Waals surface area contributed by atoms with Crippen molar-refractivity contribution in [2.75, 3.05) is 6.54 Å². The van der Waals surface area contributed by atoms with E-state index in [1.165, 1.54) is 24.3 Å². The molecule has 0 aromatic heterocycles. The summed E-state index contributed by atoms with van der Waals surface area (Å²) in [6, 6.07) is 2.23. The summed E-state index contributed by atoms with van der Waals surface area (Å²) < 4.78 is 0. The summed E-state index contributed by atoms with van der Waals surface area (Å²) in [5, 5.41) is 42.1. The molecule has 11 N–H and O–H groups in total. The van der Waals surface area contributed by atoms with Crippen LogP contribution in [0.15, 0.2) is 24.3 Å². The number of aromatic hydroxyl groups is 1. The Kier molecular flexibility index (Phi) is 11.1. The Morgan fingerprint density at radius 2 is 1.58 bits per heavy atom. The Labute approximate surface area is 190 Å². The standard InChI is InChI=1S/C20H30N6O7/c21-13(7-8-16(28)29)17(30)26-15(10-11-3-5-12(27)6-4-11)18(31)25-14(19(32)33)2-1-9-24-20(22)23/h3-6,13-15,27H,1-2,7-10,21H2,(H,25,31)(H,26,30)(H,28,29)(H,32,33)(H4,22,23,24)/t13-,14-,15-/m0/s1. The number of benzene rings is 1. The van der Waals surface area contributed by atoms with E-state index in [1.807, 2.05) is 0 Å². The number of hydrogen-bond acceptors (Lipinski definition) is 7. The summed E-state index contributed by atoms with van der Waals surface area (Å²) in [6.07, 6.45) is -0.165. The third-order valence-electron chi connectivity index (χ3n) is 4.61. The van der Waals surface area contributed by atoms with Crippen molar-refractivity contribution < 1.29 is 34.5 Å². The minimum atomic E-state index is -1.28. The van der Waals surface area contributed by atoms with Crippen molar-refractivity contribution in [3.8, 4) is 5.75 Å². The van der Waals surface area contributed by atoms with Gasteiger partial charge < -0.3 is 42.7 Å². The van der Waals surface area contributed by atoms with Gasteiger partial charge in [0.05, 0.1) is 6.04 Å². The first-order chi connectivity index (χ1) is 15.5. The minimum Gasteiger partial charge on any atom is -0.508 e. The molecule has 13 nitrogen and oxygen atoms in total. The maximum absolute atomic E-state index is 12.9. The summed E-state index contributed by atoms with van der Waals surface area (Å²) in [5.41, 5.74) is 11.5. The van der Waals surface area contributed by atoms with Gasteiger partial charge in [-0.25, -0.2) is 4.79 Å². The van der Waals surface area contributed by atoms with Gasteiger partial charge in [0.2, 0.25) is 11.8 Å². The van der Waals surface area contributed by atoms with Crippen LogP contribution in [0, 0.1) is 5.41 Å². The predicted octanol–water partition coefficient (Wildman–Crippen LogP) is -1.56. The van der Waals surface area contributed by atoms with Gasteiger partial charge in [-0.05, 0) is 37.0 Å². The summed E-state index contributed by atoms with van der Waals surface area (Å²) in [4.78, 5) is 47.5. The van der Waals surface area contributed by atoms with Crippen LogP contribution in [0.25, 0.3) is 0 Å². The molecule has 1 aromatic carbocycles. The molecule has 0 bridgehead atoms. The fourth-order valence-electron chi connectivity index (χ4n) is 2.82. The number of hydrogen-bond donors (Lipinski definition) is 9. The average molecular weight is 466 g/mol. The van der Waals surface area contributed by atoms with Crippen LogP contribution in [0.4, 0.5) is 0 Å². The van der Waals surface area contributed by atoms with Crippen LogP contribution < -0.4 is 27.4 Å². The number of guanidine groups is 1. The lowest BCUT2D eigenvalue weighted by molar-refractivity contribution is -0.142. The molecule has 0 heterocycles. The quantitative estimate of drug-likeness (QED) is 0.0867. The van der Waals surface area contributed by atoms with Crippen LogP contribution in [-0.2, 0) is 25.6 Å². The first-order valence-electron chi connectivity index (χ1n) is 10.2.